The molecule has 8 nitrogen and oxygen atoms in total. The van der Waals surface area contributed by atoms with E-state index in [2.05, 4.69) is 26.8 Å². The number of aliphatic imine (C=N–C) groups is 1. The lowest BCUT2D eigenvalue weighted by Gasteiger charge is -2.47. The zero-order chi connectivity index (χ0) is 20.8. The number of amides is 1. The molecular weight excluding hydrogens is 394 g/mol. The number of hydrogen-bond acceptors (Lipinski definition) is 7. The third-order valence-corrected chi connectivity index (χ3v) is 6.05. The van der Waals surface area contributed by atoms with Crippen molar-refractivity contribution in [1.82, 2.24) is 19.8 Å². The van der Waals surface area contributed by atoms with Gasteiger partial charge in [-0.15, -0.1) is 0 Å². The fourth-order valence-electron chi connectivity index (χ4n) is 4.39. The van der Waals surface area contributed by atoms with Crippen LogP contribution in [0, 0.1) is 0 Å². The molecule has 4 aliphatic rings. The van der Waals surface area contributed by atoms with E-state index in [1.165, 1.54) is 0 Å². The molecule has 3 unspecified atom stereocenters. The Morgan fingerprint density at radius 2 is 1.90 bits per heavy atom. The van der Waals surface area contributed by atoms with Crippen molar-refractivity contribution in [3.05, 3.63) is 12.0 Å². The predicted octanol–water partition coefficient (Wildman–Crippen LogP) is 2.46. The monoisotopic (exact) mass is 425 g/mol. The molecule has 0 radical (unpaired) electrons. The van der Waals surface area contributed by atoms with Crippen molar-refractivity contribution >= 4 is 23.9 Å². The summed E-state index contributed by atoms with van der Waals surface area (Å²) in [5, 5.41) is 4.27. The van der Waals surface area contributed by atoms with E-state index in [0.29, 0.717) is 31.8 Å². The molecule has 162 valence electrons. The summed E-state index contributed by atoms with van der Waals surface area (Å²) < 4.78 is 11.5. The molecule has 4 rings (SSSR count). The molecule has 3 saturated heterocycles. The van der Waals surface area contributed by atoms with Gasteiger partial charge < -0.3 is 19.3 Å². The SMILES string of the molecule is C[C@@H]1CN(C(=O)OC(C)(C)C)CCN1N1C=C(N2CC3CCC(C2)O3)N=CC1Cl. The lowest BCUT2D eigenvalue weighted by molar-refractivity contribution is -0.0652. The van der Waals surface area contributed by atoms with E-state index in [4.69, 9.17) is 21.1 Å². The lowest BCUT2D eigenvalue weighted by Crippen LogP contribution is -2.60. The normalized spacial score (nSPS) is 33.1. The van der Waals surface area contributed by atoms with Crippen molar-refractivity contribution in [1.29, 1.82) is 0 Å². The molecule has 0 aromatic heterocycles. The number of piperazine rings is 1. The number of halogens is 1. The maximum Gasteiger partial charge on any atom is 0.410 e. The average Bonchev–Trinajstić information content (AvgIpc) is 2.98. The number of hydrogen-bond donors (Lipinski definition) is 0. The Hall–Kier alpha value is -1.51. The first kappa shape index (κ1) is 20.8. The number of fused-ring (bicyclic) bond motifs is 2. The van der Waals surface area contributed by atoms with Crippen LogP contribution >= 0.6 is 11.6 Å². The number of morpholine rings is 1. The molecule has 0 spiro atoms. The van der Waals surface area contributed by atoms with E-state index in [1.54, 1.807) is 11.1 Å². The third kappa shape index (κ3) is 4.64. The van der Waals surface area contributed by atoms with Crippen LogP contribution in [0.15, 0.2) is 17.0 Å². The number of carbonyl (C=O) groups excluding carboxylic acids is 1. The van der Waals surface area contributed by atoms with E-state index in [0.717, 1.165) is 31.8 Å². The molecule has 0 N–H and O–H groups in total. The van der Waals surface area contributed by atoms with E-state index >= 15 is 0 Å². The van der Waals surface area contributed by atoms with Crippen molar-refractivity contribution in [3.63, 3.8) is 0 Å². The van der Waals surface area contributed by atoms with Crippen molar-refractivity contribution in [2.24, 2.45) is 4.99 Å². The Labute approximate surface area is 178 Å². The standard InChI is InChI=1S/C20H32ClN5O3/c1-14-10-23(19(27)29-20(2,3)4)7-8-25(14)26-13-18(22-9-17(26)21)24-11-15-5-6-16(12-24)28-15/h9,13-17H,5-8,10-12H2,1-4H3/t14-,15?,16?,17?/m1/s1. The molecule has 3 fully saturated rings. The molecule has 9 heteroatoms. The van der Waals surface area contributed by atoms with Crippen molar-refractivity contribution < 1.29 is 14.3 Å². The zero-order valence-corrected chi connectivity index (χ0v) is 18.5. The van der Waals surface area contributed by atoms with Crippen LogP contribution < -0.4 is 0 Å². The van der Waals surface area contributed by atoms with Gasteiger partial charge in [-0.25, -0.2) is 14.8 Å². The number of hydrazine groups is 1. The number of carbonyl (C=O) groups is 1. The van der Waals surface area contributed by atoms with Crippen LogP contribution in [-0.2, 0) is 9.47 Å². The number of nitrogens with zero attached hydrogens (tertiary/aromatic N) is 5. The summed E-state index contributed by atoms with van der Waals surface area (Å²) >= 11 is 6.58. The Balaban J connectivity index is 1.41. The van der Waals surface area contributed by atoms with Gasteiger partial charge in [-0.3, -0.25) is 5.01 Å². The minimum absolute atomic E-state index is 0.113. The maximum absolute atomic E-state index is 12.4. The smallest absolute Gasteiger partial charge is 0.410 e. The minimum atomic E-state index is -0.489. The highest BCUT2D eigenvalue weighted by atomic mass is 35.5. The number of rotatable bonds is 2. The number of alkyl halides is 1. The predicted molar refractivity (Wildman–Crippen MR) is 111 cm³/mol. The highest BCUT2D eigenvalue weighted by molar-refractivity contribution is 6.28. The number of likely N-dealkylation sites (tertiary alicyclic amines) is 1. The molecule has 0 aromatic rings. The van der Waals surface area contributed by atoms with Crippen LogP contribution in [0.5, 0.6) is 0 Å². The molecule has 0 aliphatic carbocycles. The Morgan fingerprint density at radius 1 is 1.21 bits per heavy atom. The average molecular weight is 426 g/mol. The van der Waals surface area contributed by atoms with Crippen molar-refractivity contribution in [2.45, 2.75) is 69.9 Å². The van der Waals surface area contributed by atoms with Crippen LogP contribution in [0.2, 0.25) is 0 Å². The summed E-state index contributed by atoms with van der Waals surface area (Å²) in [5.41, 5.74) is -0.830. The van der Waals surface area contributed by atoms with E-state index < -0.39 is 5.60 Å². The fourth-order valence-corrected chi connectivity index (χ4v) is 4.62. The Bertz CT molecular complexity index is 682. The first-order valence-electron chi connectivity index (χ1n) is 10.5. The summed E-state index contributed by atoms with van der Waals surface area (Å²) in [6.45, 7) is 11.4. The van der Waals surface area contributed by atoms with E-state index in [1.807, 2.05) is 27.0 Å². The molecule has 1 amide bonds. The minimum Gasteiger partial charge on any atom is -0.444 e. The van der Waals surface area contributed by atoms with Crippen LogP contribution in [0.4, 0.5) is 4.79 Å². The summed E-state index contributed by atoms with van der Waals surface area (Å²) in [6, 6.07) is 0.113. The zero-order valence-electron chi connectivity index (χ0n) is 17.8. The Morgan fingerprint density at radius 3 is 2.52 bits per heavy atom. The van der Waals surface area contributed by atoms with Crippen LogP contribution in [0.3, 0.4) is 0 Å². The highest BCUT2D eigenvalue weighted by Gasteiger charge is 2.37. The number of ether oxygens (including phenoxy) is 2. The molecule has 4 heterocycles. The maximum atomic E-state index is 12.4. The highest BCUT2D eigenvalue weighted by Crippen LogP contribution is 2.30. The first-order valence-corrected chi connectivity index (χ1v) is 11.0. The molecule has 0 saturated carbocycles. The van der Waals surface area contributed by atoms with Gasteiger partial charge in [0.25, 0.3) is 0 Å². The molecule has 4 aliphatic heterocycles. The molecule has 29 heavy (non-hydrogen) atoms. The lowest BCUT2D eigenvalue weighted by atomic mass is 10.2. The van der Waals surface area contributed by atoms with E-state index in [-0.39, 0.29) is 17.6 Å². The summed E-state index contributed by atoms with van der Waals surface area (Å²) in [4.78, 5) is 21.1. The van der Waals surface area contributed by atoms with Gasteiger partial charge in [0.1, 0.15) is 11.4 Å². The van der Waals surface area contributed by atoms with Crippen LogP contribution in [0.1, 0.15) is 40.5 Å². The topological polar surface area (TPSA) is 60.9 Å². The van der Waals surface area contributed by atoms with Crippen molar-refractivity contribution in [2.75, 3.05) is 32.7 Å². The second-order valence-electron chi connectivity index (χ2n) is 9.32. The summed E-state index contributed by atoms with van der Waals surface area (Å²) in [7, 11) is 0. The van der Waals surface area contributed by atoms with Crippen molar-refractivity contribution in [3.8, 4) is 0 Å². The molecule has 2 bridgehead atoms. The van der Waals surface area contributed by atoms with Gasteiger partial charge in [-0.2, -0.15) is 0 Å². The molecule has 4 atom stereocenters. The Kier molecular flexibility index (Phi) is 5.70. The largest absolute Gasteiger partial charge is 0.444 e. The van der Waals surface area contributed by atoms with Gasteiger partial charge in [-0.1, -0.05) is 11.6 Å². The van der Waals surface area contributed by atoms with E-state index in [9.17, 15) is 4.79 Å². The van der Waals surface area contributed by atoms with Gasteiger partial charge >= 0.3 is 6.09 Å². The molecular formula is C20H32ClN5O3. The van der Waals surface area contributed by atoms with Gasteiger partial charge in [0.2, 0.25) is 0 Å². The second kappa shape index (κ2) is 7.96. The fraction of sp³-hybridized carbons (Fsp3) is 0.800. The first-order chi connectivity index (χ1) is 13.7. The molecule has 0 aromatic carbocycles. The van der Waals surface area contributed by atoms with Gasteiger partial charge in [-0.05, 0) is 40.5 Å². The summed E-state index contributed by atoms with van der Waals surface area (Å²) in [5.74, 6) is 0.934. The van der Waals surface area contributed by atoms with Gasteiger partial charge in [0, 0.05) is 45.0 Å². The van der Waals surface area contributed by atoms with Gasteiger partial charge in [0.05, 0.1) is 18.4 Å². The quantitative estimate of drug-likeness (QED) is 0.500. The second-order valence-corrected chi connectivity index (χ2v) is 9.77. The van der Waals surface area contributed by atoms with Gasteiger partial charge in [0.15, 0.2) is 5.50 Å². The summed E-state index contributed by atoms with van der Waals surface area (Å²) in [6.07, 6.45) is 6.45. The van der Waals surface area contributed by atoms with Crippen LogP contribution in [0.25, 0.3) is 0 Å². The van der Waals surface area contributed by atoms with Crippen LogP contribution in [-0.4, -0.2) is 94.2 Å². The third-order valence-electron chi connectivity index (χ3n) is 5.74.